The number of fused-ring (bicyclic) bond motifs is 1. The maximum Gasteiger partial charge on any atom is 0.259 e. The third-order valence-corrected chi connectivity index (χ3v) is 3.95. The van der Waals surface area contributed by atoms with Crippen molar-refractivity contribution < 1.29 is 13.2 Å². The van der Waals surface area contributed by atoms with E-state index in [-0.39, 0.29) is 10.6 Å². The number of carbonyl (C=O) groups excluding carboxylic acids is 1. The minimum atomic E-state index is -3.66. The lowest BCUT2D eigenvalue weighted by Gasteiger charge is -2.11. The van der Waals surface area contributed by atoms with Crippen molar-refractivity contribution in [1.82, 2.24) is 4.57 Å². The summed E-state index contributed by atoms with van der Waals surface area (Å²) in [6.07, 6.45) is 1.45. The first kappa shape index (κ1) is 12.5. The molecule has 0 aliphatic carbocycles. The van der Waals surface area contributed by atoms with Crippen LogP contribution in [-0.2, 0) is 16.9 Å². The third kappa shape index (κ3) is 1.74. The molecule has 0 atom stereocenters. The summed E-state index contributed by atoms with van der Waals surface area (Å²) in [5.41, 5.74) is -0.410. The zero-order chi connectivity index (χ0) is 13.5. The lowest BCUT2D eigenvalue weighted by molar-refractivity contribution is 0.112. The van der Waals surface area contributed by atoms with Gasteiger partial charge in [0, 0.05) is 24.1 Å². The van der Waals surface area contributed by atoms with Crippen LogP contribution in [0.25, 0.3) is 10.8 Å². The molecule has 0 spiro atoms. The van der Waals surface area contributed by atoms with Crippen LogP contribution in [0.4, 0.5) is 0 Å². The number of sulfone groups is 1. The quantitative estimate of drug-likeness (QED) is 0.751. The van der Waals surface area contributed by atoms with Gasteiger partial charge in [-0.05, 0) is 6.07 Å². The number of aldehydes is 1. The maximum absolute atomic E-state index is 12.0. The lowest BCUT2D eigenvalue weighted by Crippen LogP contribution is -2.25. The molecule has 2 aromatic rings. The molecule has 0 radical (unpaired) electrons. The van der Waals surface area contributed by atoms with E-state index in [1.807, 2.05) is 0 Å². The first-order chi connectivity index (χ1) is 8.38. The van der Waals surface area contributed by atoms with E-state index in [0.717, 1.165) is 10.8 Å². The van der Waals surface area contributed by atoms with Gasteiger partial charge in [0.1, 0.15) is 5.03 Å². The van der Waals surface area contributed by atoms with Crippen molar-refractivity contribution in [3.05, 3.63) is 40.2 Å². The Bertz CT molecular complexity index is 803. The second kappa shape index (κ2) is 4.06. The van der Waals surface area contributed by atoms with Crippen LogP contribution in [0.5, 0.6) is 0 Å². The minimum Gasteiger partial charge on any atom is -0.301 e. The van der Waals surface area contributed by atoms with Gasteiger partial charge in [-0.25, -0.2) is 8.42 Å². The first-order valence-corrected chi connectivity index (χ1v) is 7.04. The minimum absolute atomic E-state index is 0.0233. The van der Waals surface area contributed by atoms with Gasteiger partial charge in [-0.3, -0.25) is 9.59 Å². The number of aromatic nitrogens is 1. The lowest BCUT2D eigenvalue weighted by atomic mass is 10.1. The predicted molar refractivity (Wildman–Crippen MR) is 67.7 cm³/mol. The Labute approximate surface area is 104 Å². The summed E-state index contributed by atoms with van der Waals surface area (Å²) in [4.78, 5) is 23.2. The van der Waals surface area contributed by atoms with Gasteiger partial charge < -0.3 is 4.57 Å². The Balaban J connectivity index is 3.19. The Morgan fingerprint density at radius 2 is 1.72 bits per heavy atom. The van der Waals surface area contributed by atoms with Crippen LogP contribution < -0.4 is 5.56 Å². The second-order valence-corrected chi connectivity index (χ2v) is 5.95. The summed E-state index contributed by atoms with van der Waals surface area (Å²) in [5.74, 6) is 0. The van der Waals surface area contributed by atoms with E-state index < -0.39 is 15.4 Å². The average Bonchev–Trinajstić information content (AvgIpc) is 2.32. The molecule has 2 rings (SSSR count). The summed E-state index contributed by atoms with van der Waals surface area (Å²) in [6.45, 7) is 0. The predicted octanol–water partition coefficient (Wildman–Crippen LogP) is 0.755. The van der Waals surface area contributed by atoms with E-state index in [1.165, 1.54) is 7.05 Å². The molecule has 0 amide bonds. The molecule has 1 aromatic carbocycles. The fraction of sp³-hybridized carbons (Fsp3) is 0.167. The molecule has 0 saturated heterocycles. The zero-order valence-electron chi connectivity index (χ0n) is 9.88. The molecule has 18 heavy (non-hydrogen) atoms. The molecule has 0 unspecified atom stereocenters. The number of benzene rings is 1. The van der Waals surface area contributed by atoms with E-state index in [4.69, 9.17) is 0 Å². The fourth-order valence-corrected chi connectivity index (χ4v) is 3.17. The first-order valence-electron chi connectivity index (χ1n) is 5.15. The topological polar surface area (TPSA) is 73.2 Å². The van der Waals surface area contributed by atoms with E-state index in [2.05, 4.69) is 0 Å². The SMILES string of the molecule is Cn1c(S(C)(=O)=O)c(C=O)c2ccccc2c1=O. The average molecular weight is 265 g/mol. The Morgan fingerprint density at radius 3 is 2.22 bits per heavy atom. The van der Waals surface area contributed by atoms with Gasteiger partial charge in [0.25, 0.3) is 5.56 Å². The Morgan fingerprint density at radius 1 is 1.17 bits per heavy atom. The summed E-state index contributed by atoms with van der Waals surface area (Å²) in [5, 5.41) is 0.437. The van der Waals surface area contributed by atoms with Crippen molar-refractivity contribution in [2.75, 3.05) is 6.26 Å². The highest BCUT2D eigenvalue weighted by Crippen LogP contribution is 2.20. The molecule has 5 nitrogen and oxygen atoms in total. The van der Waals surface area contributed by atoms with Gasteiger partial charge in [-0.15, -0.1) is 0 Å². The highest BCUT2D eigenvalue weighted by molar-refractivity contribution is 7.90. The standard InChI is InChI=1S/C12H11NO4S/c1-13-11(15)9-6-4-3-5-8(9)10(7-14)12(13)18(2,16)17/h3-7H,1-2H3. The fourth-order valence-electron chi connectivity index (χ4n) is 2.04. The second-order valence-electron chi connectivity index (χ2n) is 4.02. The molecule has 0 aliphatic heterocycles. The summed E-state index contributed by atoms with van der Waals surface area (Å²) >= 11 is 0. The molecule has 0 bridgehead atoms. The number of pyridine rings is 1. The van der Waals surface area contributed by atoms with Gasteiger partial charge in [0.05, 0.1) is 5.56 Å². The summed E-state index contributed by atoms with van der Waals surface area (Å²) in [6, 6.07) is 6.45. The Kier molecular flexibility index (Phi) is 2.82. The van der Waals surface area contributed by atoms with E-state index in [0.29, 0.717) is 17.1 Å². The molecule has 94 valence electrons. The van der Waals surface area contributed by atoms with Crippen molar-refractivity contribution >= 4 is 26.9 Å². The van der Waals surface area contributed by atoms with Crippen molar-refractivity contribution in [2.24, 2.45) is 7.05 Å². The number of carbonyl (C=O) groups is 1. The van der Waals surface area contributed by atoms with Crippen molar-refractivity contribution in [3.63, 3.8) is 0 Å². The molecular formula is C12H11NO4S. The normalized spacial score (nSPS) is 11.7. The van der Waals surface area contributed by atoms with Crippen LogP contribution in [0.3, 0.4) is 0 Å². The number of rotatable bonds is 2. The van der Waals surface area contributed by atoms with Gasteiger partial charge in [0.15, 0.2) is 16.1 Å². The summed E-state index contributed by atoms with van der Waals surface area (Å²) < 4.78 is 24.4. The van der Waals surface area contributed by atoms with E-state index in [1.54, 1.807) is 24.3 Å². The molecule has 1 aromatic heterocycles. The van der Waals surface area contributed by atoms with E-state index >= 15 is 0 Å². The van der Waals surface area contributed by atoms with Gasteiger partial charge >= 0.3 is 0 Å². The number of hydrogen-bond donors (Lipinski definition) is 0. The number of hydrogen-bond acceptors (Lipinski definition) is 4. The van der Waals surface area contributed by atoms with Crippen LogP contribution in [0, 0.1) is 0 Å². The molecule has 0 fully saturated rings. The number of nitrogens with zero attached hydrogens (tertiary/aromatic N) is 1. The molecule has 0 saturated carbocycles. The van der Waals surface area contributed by atoms with Crippen molar-refractivity contribution in [2.45, 2.75) is 5.03 Å². The van der Waals surface area contributed by atoms with Crippen molar-refractivity contribution in [3.8, 4) is 0 Å². The molecular weight excluding hydrogens is 254 g/mol. The largest absolute Gasteiger partial charge is 0.301 e. The molecule has 0 aliphatic rings. The van der Waals surface area contributed by atoms with Crippen LogP contribution in [0.15, 0.2) is 34.1 Å². The van der Waals surface area contributed by atoms with Gasteiger partial charge in [0.2, 0.25) is 0 Å². The molecule has 6 heteroatoms. The third-order valence-electron chi connectivity index (χ3n) is 2.76. The monoisotopic (exact) mass is 265 g/mol. The summed E-state index contributed by atoms with van der Waals surface area (Å²) in [7, 11) is -2.31. The van der Waals surface area contributed by atoms with Crippen LogP contribution in [-0.4, -0.2) is 25.5 Å². The Hall–Kier alpha value is -1.95. The van der Waals surface area contributed by atoms with E-state index in [9.17, 15) is 18.0 Å². The van der Waals surface area contributed by atoms with Gasteiger partial charge in [-0.2, -0.15) is 0 Å². The highest BCUT2D eigenvalue weighted by Gasteiger charge is 2.21. The highest BCUT2D eigenvalue weighted by atomic mass is 32.2. The molecule has 1 heterocycles. The molecule has 0 N–H and O–H groups in total. The van der Waals surface area contributed by atoms with Crippen LogP contribution >= 0.6 is 0 Å². The van der Waals surface area contributed by atoms with Gasteiger partial charge in [-0.1, -0.05) is 18.2 Å². The maximum atomic E-state index is 12.0. The van der Waals surface area contributed by atoms with Crippen LogP contribution in [0.2, 0.25) is 0 Å². The zero-order valence-corrected chi connectivity index (χ0v) is 10.7. The van der Waals surface area contributed by atoms with Crippen molar-refractivity contribution in [1.29, 1.82) is 0 Å². The van der Waals surface area contributed by atoms with Crippen LogP contribution in [0.1, 0.15) is 10.4 Å². The smallest absolute Gasteiger partial charge is 0.259 e.